The molecule has 2 atom stereocenters. The van der Waals surface area contributed by atoms with Crippen molar-refractivity contribution in [2.45, 2.75) is 45.2 Å². The van der Waals surface area contributed by atoms with Gasteiger partial charge in [-0.05, 0) is 34.1 Å². The van der Waals surface area contributed by atoms with Crippen molar-refractivity contribution in [2.24, 2.45) is 5.41 Å². The topological polar surface area (TPSA) is 105 Å². The number of carbonyl (C=O) groups excluding carboxylic acids is 2. The minimum Gasteiger partial charge on any atom is -0.480 e. The lowest BCUT2D eigenvalue weighted by Gasteiger charge is -2.29. The average Bonchev–Trinajstić information content (AvgIpc) is 3.08. The molecule has 1 aliphatic carbocycles. The fourth-order valence-electron chi connectivity index (χ4n) is 4.07. The first kappa shape index (κ1) is 24.0. The molecule has 174 valence electrons. The van der Waals surface area contributed by atoms with E-state index in [9.17, 15) is 19.5 Å². The van der Waals surface area contributed by atoms with Crippen molar-refractivity contribution in [1.29, 1.82) is 0 Å². The van der Waals surface area contributed by atoms with E-state index in [1.54, 1.807) is 20.8 Å². The smallest absolute Gasteiger partial charge is 0.407 e. The van der Waals surface area contributed by atoms with E-state index in [-0.39, 0.29) is 18.9 Å². The van der Waals surface area contributed by atoms with Crippen LogP contribution in [-0.4, -0.2) is 41.8 Å². The highest BCUT2D eigenvalue weighted by Gasteiger charge is 2.35. The third-order valence-electron chi connectivity index (χ3n) is 5.75. The fraction of sp³-hybridized carbons (Fsp3) is 0.346. The molecular formula is C26H30N2O5. The summed E-state index contributed by atoms with van der Waals surface area (Å²) in [6, 6.07) is 13.9. The number of rotatable bonds is 8. The van der Waals surface area contributed by atoms with E-state index in [0.717, 1.165) is 22.3 Å². The Morgan fingerprint density at radius 2 is 1.58 bits per heavy atom. The van der Waals surface area contributed by atoms with Gasteiger partial charge in [-0.1, -0.05) is 75.4 Å². The number of carboxylic acid groups (broad SMARTS) is 1. The third-order valence-corrected chi connectivity index (χ3v) is 5.75. The van der Waals surface area contributed by atoms with Gasteiger partial charge in [-0.3, -0.25) is 4.79 Å². The van der Waals surface area contributed by atoms with Crippen LogP contribution in [0, 0.1) is 5.41 Å². The molecule has 0 saturated carbocycles. The summed E-state index contributed by atoms with van der Waals surface area (Å²) in [5.74, 6) is -1.85. The van der Waals surface area contributed by atoms with Crippen LogP contribution in [0.4, 0.5) is 4.79 Å². The Labute approximate surface area is 193 Å². The molecule has 0 spiro atoms. The Morgan fingerprint density at radius 1 is 1.03 bits per heavy atom. The van der Waals surface area contributed by atoms with E-state index in [1.165, 1.54) is 6.08 Å². The standard InChI is InChI=1S/C26H30N2O5/c1-5-10-21(23(29)28-22(24(30)31)26(2,3)4)27-25(32)33-15-20-18-13-8-6-11-16(18)17-12-7-9-14-19(17)20/h5-9,11-14,20-22H,1,10,15H2,2-4H3,(H,27,32)(H,28,29)(H,30,31)/t21?,22-/m1/s1. The predicted octanol–water partition coefficient (Wildman–Crippen LogP) is 4.09. The second-order valence-electron chi connectivity index (χ2n) is 9.19. The van der Waals surface area contributed by atoms with Gasteiger partial charge < -0.3 is 20.5 Å². The molecule has 0 aliphatic heterocycles. The third kappa shape index (κ3) is 5.42. The Bertz CT molecular complexity index is 1010. The van der Waals surface area contributed by atoms with Crippen molar-refractivity contribution in [3.63, 3.8) is 0 Å². The van der Waals surface area contributed by atoms with Crippen molar-refractivity contribution >= 4 is 18.0 Å². The minimum atomic E-state index is -1.14. The number of nitrogens with one attached hydrogen (secondary N) is 2. The Morgan fingerprint density at radius 3 is 2.06 bits per heavy atom. The lowest BCUT2D eigenvalue weighted by Crippen LogP contribution is -2.55. The number of aliphatic carboxylic acids is 1. The summed E-state index contributed by atoms with van der Waals surface area (Å²) in [6.45, 7) is 8.88. The van der Waals surface area contributed by atoms with Crippen molar-refractivity contribution in [3.05, 3.63) is 72.3 Å². The van der Waals surface area contributed by atoms with E-state index in [1.807, 2.05) is 48.5 Å². The van der Waals surface area contributed by atoms with Crippen molar-refractivity contribution in [3.8, 4) is 11.1 Å². The van der Waals surface area contributed by atoms with Gasteiger partial charge in [-0.25, -0.2) is 9.59 Å². The zero-order valence-corrected chi connectivity index (χ0v) is 19.1. The highest BCUT2D eigenvalue weighted by Crippen LogP contribution is 2.44. The summed E-state index contributed by atoms with van der Waals surface area (Å²) in [6.07, 6.45) is 0.870. The van der Waals surface area contributed by atoms with Crippen LogP contribution in [0.2, 0.25) is 0 Å². The van der Waals surface area contributed by atoms with E-state index in [2.05, 4.69) is 17.2 Å². The van der Waals surface area contributed by atoms with Crippen LogP contribution in [0.15, 0.2) is 61.2 Å². The second-order valence-corrected chi connectivity index (χ2v) is 9.19. The lowest BCUT2D eigenvalue weighted by molar-refractivity contribution is -0.145. The number of alkyl carbamates (subject to hydrolysis) is 1. The van der Waals surface area contributed by atoms with E-state index in [4.69, 9.17) is 4.74 Å². The van der Waals surface area contributed by atoms with Crippen LogP contribution < -0.4 is 10.6 Å². The van der Waals surface area contributed by atoms with E-state index < -0.39 is 35.5 Å². The zero-order chi connectivity index (χ0) is 24.2. The molecule has 0 saturated heterocycles. The highest BCUT2D eigenvalue weighted by molar-refractivity contribution is 5.89. The van der Waals surface area contributed by atoms with Crippen LogP contribution in [0.1, 0.15) is 44.2 Å². The fourth-order valence-corrected chi connectivity index (χ4v) is 4.07. The summed E-state index contributed by atoms with van der Waals surface area (Å²) in [5, 5.41) is 14.5. The first-order valence-electron chi connectivity index (χ1n) is 10.9. The molecule has 0 aromatic heterocycles. The summed E-state index contributed by atoms with van der Waals surface area (Å²) in [5.41, 5.74) is 3.70. The number of hydrogen-bond acceptors (Lipinski definition) is 4. The van der Waals surface area contributed by atoms with Crippen LogP contribution >= 0.6 is 0 Å². The number of carbonyl (C=O) groups is 3. The van der Waals surface area contributed by atoms with Gasteiger partial charge in [0.15, 0.2) is 0 Å². The normalized spacial score (nSPS) is 14.4. The van der Waals surface area contributed by atoms with E-state index in [0.29, 0.717) is 0 Å². The second kappa shape index (κ2) is 9.90. The molecule has 3 N–H and O–H groups in total. The van der Waals surface area contributed by atoms with Gasteiger partial charge in [0.1, 0.15) is 18.7 Å². The number of ether oxygens (including phenoxy) is 1. The molecule has 0 radical (unpaired) electrons. The Balaban J connectivity index is 1.67. The SMILES string of the molecule is C=CCC(NC(=O)OCC1c2ccccc2-c2ccccc21)C(=O)N[C@H](C(=O)O)C(C)(C)C. The van der Waals surface area contributed by atoms with Gasteiger partial charge in [0.2, 0.25) is 5.91 Å². The van der Waals surface area contributed by atoms with Gasteiger partial charge in [-0.15, -0.1) is 6.58 Å². The number of carboxylic acids is 1. The maximum atomic E-state index is 12.7. The Hall–Kier alpha value is -3.61. The molecule has 7 heteroatoms. The maximum absolute atomic E-state index is 12.7. The lowest BCUT2D eigenvalue weighted by atomic mass is 9.86. The van der Waals surface area contributed by atoms with Crippen LogP contribution in [-0.2, 0) is 14.3 Å². The molecule has 1 unspecified atom stereocenters. The summed E-state index contributed by atoms with van der Waals surface area (Å²) >= 11 is 0. The van der Waals surface area contributed by atoms with Gasteiger partial charge in [-0.2, -0.15) is 0 Å². The van der Waals surface area contributed by atoms with Crippen LogP contribution in [0.3, 0.4) is 0 Å². The number of amides is 2. The molecule has 0 heterocycles. The molecule has 2 amide bonds. The molecule has 1 aliphatic rings. The molecule has 0 fully saturated rings. The molecule has 3 rings (SSSR count). The van der Waals surface area contributed by atoms with Gasteiger partial charge in [0, 0.05) is 5.92 Å². The first-order chi connectivity index (χ1) is 15.6. The molecule has 0 bridgehead atoms. The van der Waals surface area contributed by atoms with Gasteiger partial charge >= 0.3 is 12.1 Å². The number of benzene rings is 2. The number of hydrogen-bond donors (Lipinski definition) is 3. The Kier molecular flexibility index (Phi) is 7.21. The molecule has 2 aromatic rings. The van der Waals surface area contributed by atoms with E-state index >= 15 is 0 Å². The summed E-state index contributed by atoms with van der Waals surface area (Å²) in [7, 11) is 0. The zero-order valence-electron chi connectivity index (χ0n) is 19.1. The molecular weight excluding hydrogens is 420 g/mol. The first-order valence-corrected chi connectivity index (χ1v) is 10.9. The highest BCUT2D eigenvalue weighted by atomic mass is 16.5. The van der Waals surface area contributed by atoms with Gasteiger partial charge in [0.25, 0.3) is 0 Å². The summed E-state index contributed by atoms with van der Waals surface area (Å²) in [4.78, 5) is 36.9. The number of fused-ring (bicyclic) bond motifs is 3. The molecule has 7 nitrogen and oxygen atoms in total. The van der Waals surface area contributed by atoms with Crippen molar-refractivity contribution < 1.29 is 24.2 Å². The van der Waals surface area contributed by atoms with Crippen molar-refractivity contribution in [2.75, 3.05) is 6.61 Å². The summed E-state index contributed by atoms with van der Waals surface area (Å²) < 4.78 is 5.51. The average molecular weight is 451 g/mol. The maximum Gasteiger partial charge on any atom is 0.407 e. The predicted molar refractivity (Wildman–Crippen MR) is 126 cm³/mol. The van der Waals surface area contributed by atoms with Crippen LogP contribution in [0.25, 0.3) is 11.1 Å². The molecule has 2 aromatic carbocycles. The minimum absolute atomic E-state index is 0.105. The quantitative estimate of drug-likeness (QED) is 0.526. The van der Waals surface area contributed by atoms with Gasteiger partial charge in [0.05, 0.1) is 0 Å². The largest absolute Gasteiger partial charge is 0.480 e. The van der Waals surface area contributed by atoms with Crippen LogP contribution in [0.5, 0.6) is 0 Å². The monoisotopic (exact) mass is 450 g/mol. The van der Waals surface area contributed by atoms with Crippen molar-refractivity contribution in [1.82, 2.24) is 10.6 Å². The molecule has 33 heavy (non-hydrogen) atoms.